The van der Waals surface area contributed by atoms with Crippen LogP contribution in [0.4, 0.5) is 4.79 Å². The second-order valence-corrected chi connectivity index (χ2v) is 10.3. The number of carboxylic acids is 1. The Labute approximate surface area is 205 Å². The van der Waals surface area contributed by atoms with Gasteiger partial charge in [0.2, 0.25) is 5.91 Å². The van der Waals surface area contributed by atoms with E-state index in [-0.39, 0.29) is 36.9 Å². The van der Waals surface area contributed by atoms with E-state index in [0.717, 1.165) is 25.7 Å². The molecule has 2 aromatic rings. The van der Waals surface area contributed by atoms with E-state index in [9.17, 15) is 19.5 Å². The quantitative estimate of drug-likeness (QED) is 0.522. The van der Waals surface area contributed by atoms with Crippen LogP contribution in [0.15, 0.2) is 48.5 Å². The molecule has 2 aromatic carbocycles. The lowest BCUT2D eigenvalue weighted by molar-refractivity contribution is -0.154. The highest BCUT2D eigenvalue weighted by Gasteiger charge is 2.44. The van der Waals surface area contributed by atoms with E-state index in [1.165, 1.54) is 22.3 Å². The van der Waals surface area contributed by atoms with Gasteiger partial charge in [-0.05, 0) is 60.3 Å². The summed E-state index contributed by atoms with van der Waals surface area (Å²) in [6, 6.07) is 16.5. The highest BCUT2D eigenvalue weighted by Crippen LogP contribution is 2.44. The van der Waals surface area contributed by atoms with Gasteiger partial charge in [-0.1, -0.05) is 55.0 Å². The molecule has 5 rings (SSSR count). The number of ether oxygens (including phenoxy) is 1. The first-order chi connectivity index (χ1) is 16.9. The minimum atomic E-state index is -0.822. The molecule has 0 saturated heterocycles. The second kappa shape index (κ2) is 9.72. The van der Waals surface area contributed by atoms with Crippen LogP contribution in [0.2, 0.25) is 0 Å². The number of nitrogens with one attached hydrogen (secondary N) is 2. The minimum Gasteiger partial charge on any atom is -0.481 e. The van der Waals surface area contributed by atoms with Gasteiger partial charge in [0.25, 0.3) is 0 Å². The van der Waals surface area contributed by atoms with Crippen molar-refractivity contribution in [2.45, 2.75) is 56.9 Å². The molecule has 0 heterocycles. The summed E-state index contributed by atoms with van der Waals surface area (Å²) in [6.07, 6.45) is 4.47. The molecule has 2 amide bonds. The van der Waals surface area contributed by atoms with Crippen LogP contribution in [0.25, 0.3) is 11.1 Å². The molecule has 184 valence electrons. The lowest BCUT2D eigenvalue weighted by atomic mass is 9.69. The van der Waals surface area contributed by atoms with Crippen LogP contribution in [0, 0.1) is 11.3 Å². The van der Waals surface area contributed by atoms with Crippen molar-refractivity contribution < 1.29 is 24.2 Å². The van der Waals surface area contributed by atoms with Crippen molar-refractivity contribution in [2.75, 3.05) is 13.2 Å². The Bertz CT molecular complexity index is 1080. The molecular formula is C28H32N2O5. The SMILES string of the molecule is O=C(C[C@H]1CC[C@@H](NC(=O)OCC2c3ccccc3-c3ccccc32)C1)NCC1(C(=O)O)CCC1. The fraction of sp³-hybridized carbons (Fsp3) is 0.464. The van der Waals surface area contributed by atoms with Gasteiger partial charge in [0.1, 0.15) is 6.61 Å². The Morgan fingerprint density at radius 2 is 1.63 bits per heavy atom. The van der Waals surface area contributed by atoms with Crippen LogP contribution in [0.5, 0.6) is 0 Å². The number of amides is 2. The predicted octanol–water partition coefficient (Wildman–Crippen LogP) is 4.46. The Balaban J connectivity index is 1.07. The van der Waals surface area contributed by atoms with E-state index >= 15 is 0 Å². The van der Waals surface area contributed by atoms with Crippen LogP contribution in [0.3, 0.4) is 0 Å². The molecular weight excluding hydrogens is 444 g/mol. The molecule has 0 spiro atoms. The van der Waals surface area contributed by atoms with E-state index in [1.807, 2.05) is 24.3 Å². The van der Waals surface area contributed by atoms with Gasteiger partial charge in [0, 0.05) is 24.9 Å². The zero-order valence-electron chi connectivity index (χ0n) is 19.8. The number of carbonyl (C=O) groups is 3. The smallest absolute Gasteiger partial charge is 0.407 e. The molecule has 3 aliphatic rings. The van der Waals surface area contributed by atoms with Crippen LogP contribution in [-0.2, 0) is 14.3 Å². The molecule has 0 aromatic heterocycles. The van der Waals surface area contributed by atoms with E-state index in [0.29, 0.717) is 19.3 Å². The first-order valence-electron chi connectivity index (χ1n) is 12.6. The standard InChI is InChI=1S/C28H32N2O5/c31-25(29-17-28(26(32)33)12-5-13-28)15-18-10-11-19(14-18)30-27(34)35-16-24-22-8-3-1-6-20(22)21-7-2-4-9-23(21)24/h1-4,6-9,18-19,24H,5,10-17H2,(H,29,31)(H,30,34)(H,32,33)/t18-,19+/m0/s1. The maximum absolute atomic E-state index is 12.6. The number of hydrogen-bond donors (Lipinski definition) is 3. The van der Waals surface area contributed by atoms with E-state index < -0.39 is 17.5 Å². The van der Waals surface area contributed by atoms with Gasteiger partial charge >= 0.3 is 12.1 Å². The van der Waals surface area contributed by atoms with Gasteiger partial charge < -0.3 is 20.5 Å². The summed E-state index contributed by atoms with van der Waals surface area (Å²) in [5, 5.41) is 15.2. The molecule has 2 atom stereocenters. The van der Waals surface area contributed by atoms with Gasteiger partial charge in [0.05, 0.1) is 5.41 Å². The van der Waals surface area contributed by atoms with Crippen molar-refractivity contribution in [1.82, 2.24) is 10.6 Å². The second-order valence-electron chi connectivity index (χ2n) is 10.3. The predicted molar refractivity (Wildman–Crippen MR) is 131 cm³/mol. The van der Waals surface area contributed by atoms with Gasteiger partial charge in [-0.3, -0.25) is 9.59 Å². The Kier molecular flexibility index (Phi) is 6.50. The summed E-state index contributed by atoms with van der Waals surface area (Å²) < 4.78 is 5.65. The number of rotatable bonds is 8. The number of carboxylic acid groups (broad SMARTS) is 1. The fourth-order valence-corrected chi connectivity index (χ4v) is 5.87. The van der Waals surface area contributed by atoms with Crippen molar-refractivity contribution in [2.24, 2.45) is 11.3 Å². The Morgan fingerprint density at radius 1 is 0.971 bits per heavy atom. The zero-order valence-corrected chi connectivity index (χ0v) is 19.8. The number of carbonyl (C=O) groups excluding carboxylic acids is 2. The lowest BCUT2D eigenvalue weighted by Gasteiger charge is -2.37. The first kappa shape index (κ1) is 23.4. The monoisotopic (exact) mass is 476 g/mol. The number of alkyl carbamates (subject to hydrolysis) is 1. The first-order valence-corrected chi connectivity index (χ1v) is 12.6. The number of benzene rings is 2. The largest absolute Gasteiger partial charge is 0.481 e. The average Bonchev–Trinajstić information content (AvgIpc) is 3.38. The fourth-order valence-electron chi connectivity index (χ4n) is 5.87. The normalized spacial score (nSPS) is 21.9. The van der Waals surface area contributed by atoms with Crippen molar-refractivity contribution in [3.8, 4) is 11.1 Å². The van der Waals surface area contributed by atoms with Crippen molar-refractivity contribution in [3.63, 3.8) is 0 Å². The Morgan fingerprint density at radius 3 is 2.23 bits per heavy atom. The molecule has 3 aliphatic carbocycles. The maximum atomic E-state index is 12.6. The molecule has 0 aliphatic heterocycles. The number of aliphatic carboxylic acids is 1. The third kappa shape index (κ3) is 4.77. The third-order valence-electron chi connectivity index (χ3n) is 8.07. The summed E-state index contributed by atoms with van der Waals surface area (Å²) in [5.41, 5.74) is 3.97. The Hall–Kier alpha value is -3.35. The van der Waals surface area contributed by atoms with Crippen LogP contribution in [-0.4, -0.2) is 42.3 Å². The van der Waals surface area contributed by atoms with E-state index in [2.05, 4.69) is 34.9 Å². The summed E-state index contributed by atoms with van der Waals surface area (Å²) >= 11 is 0. The third-order valence-corrected chi connectivity index (χ3v) is 8.07. The highest BCUT2D eigenvalue weighted by atomic mass is 16.5. The van der Waals surface area contributed by atoms with Crippen LogP contribution < -0.4 is 10.6 Å². The highest BCUT2D eigenvalue weighted by molar-refractivity contribution is 5.80. The average molecular weight is 477 g/mol. The molecule has 35 heavy (non-hydrogen) atoms. The van der Waals surface area contributed by atoms with E-state index in [4.69, 9.17) is 4.74 Å². The van der Waals surface area contributed by atoms with Crippen LogP contribution >= 0.6 is 0 Å². The summed E-state index contributed by atoms with van der Waals surface area (Å²) in [4.78, 5) is 36.4. The molecule has 0 radical (unpaired) electrons. The maximum Gasteiger partial charge on any atom is 0.407 e. The van der Waals surface area contributed by atoms with Gasteiger partial charge in [-0.15, -0.1) is 0 Å². The van der Waals surface area contributed by atoms with Gasteiger partial charge in [-0.2, -0.15) is 0 Å². The molecule has 7 heteroatoms. The topological polar surface area (TPSA) is 105 Å². The summed E-state index contributed by atoms with van der Waals surface area (Å²) in [5.74, 6) is -0.726. The zero-order chi connectivity index (χ0) is 24.4. The molecule has 2 saturated carbocycles. The van der Waals surface area contributed by atoms with Crippen LogP contribution in [0.1, 0.15) is 62.0 Å². The van der Waals surface area contributed by atoms with Gasteiger partial charge in [0.15, 0.2) is 0 Å². The molecule has 0 unspecified atom stereocenters. The van der Waals surface area contributed by atoms with E-state index in [1.54, 1.807) is 0 Å². The number of fused-ring (bicyclic) bond motifs is 3. The molecule has 7 nitrogen and oxygen atoms in total. The number of hydrogen-bond acceptors (Lipinski definition) is 4. The lowest BCUT2D eigenvalue weighted by Crippen LogP contribution is -2.47. The summed E-state index contributed by atoms with van der Waals surface area (Å²) in [7, 11) is 0. The molecule has 3 N–H and O–H groups in total. The van der Waals surface area contributed by atoms with Gasteiger partial charge in [-0.25, -0.2) is 4.79 Å². The minimum absolute atomic E-state index is 0.0135. The molecule has 2 fully saturated rings. The van der Waals surface area contributed by atoms with Crippen molar-refractivity contribution >= 4 is 18.0 Å². The summed E-state index contributed by atoms with van der Waals surface area (Å²) in [6.45, 7) is 0.485. The van der Waals surface area contributed by atoms with Crippen molar-refractivity contribution in [3.05, 3.63) is 59.7 Å². The van der Waals surface area contributed by atoms with Crippen molar-refractivity contribution in [1.29, 1.82) is 0 Å². The molecule has 0 bridgehead atoms.